The molecule has 1 heterocycles. The van der Waals surface area contributed by atoms with E-state index in [1.165, 1.54) is 12.0 Å². The molecule has 3 rings (SSSR count). The Morgan fingerprint density at radius 1 is 1.25 bits per heavy atom. The van der Waals surface area contributed by atoms with Crippen molar-refractivity contribution in [2.75, 3.05) is 0 Å². The lowest BCUT2D eigenvalue weighted by molar-refractivity contribution is -0.165. The lowest BCUT2D eigenvalue weighted by atomic mass is 9.73. The van der Waals surface area contributed by atoms with Crippen molar-refractivity contribution in [3.05, 3.63) is 24.3 Å². The first-order valence-electron chi connectivity index (χ1n) is 6.35. The second-order valence-corrected chi connectivity index (χ2v) is 5.61. The largest absolute Gasteiger partial charge is 0.383 e. The molecule has 3 fully saturated rings. The summed E-state index contributed by atoms with van der Waals surface area (Å²) in [5.74, 6) is 0.531. The highest BCUT2D eigenvalue weighted by Gasteiger charge is 2.50. The Balaban J connectivity index is 1.78. The minimum atomic E-state index is -0.731. The molecule has 0 radical (unpaired) electrons. The van der Waals surface area contributed by atoms with Gasteiger partial charge >= 0.3 is 0 Å². The predicted octanol–water partition coefficient (Wildman–Crippen LogP) is 2.58. The van der Waals surface area contributed by atoms with E-state index in [4.69, 9.17) is 4.74 Å². The topological polar surface area (TPSA) is 29.5 Å². The molecular weight excluding hydrogens is 200 g/mol. The van der Waals surface area contributed by atoms with Gasteiger partial charge in [0.1, 0.15) is 5.60 Å². The smallest absolute Gasteiger partial charge is 0.112 e. The van der Waals surface area contributed by atoms with E-state index < -0.39 is 5.60 Å². The molecule has 1 aliphatic heterocycles. The van der Waals surface area contributed by atoms with Crippen molar-refractivity contribution in [1.29, 1.82) is 0 Å². The van der Waals surface area contributed by atoms with E-state index in [9.17, 15) is 5.11 Å². The van der Waals surface area contributed by atoms with Gasteiger partial charge in [0.25, 0.3) is 0 Å². The Kier molecular flexibility index (Phi) is 2.27. The normalized spacial score (nSPS) is 47.7. The summed E-state index contributed by atoms with van der Waals surface area (Å²) in [6, 6.07) is 0. The van der Waals surface area contributed by atoms with Gasteiger partial charge in [-0.3, -0.25) is 0 Å². The van der Waals surface area contributed by atoms with Crippen LogP contribution in [0.4, 0.5) is 0 Å². The summed E-state index contributed by atoms with van der Waals surface area (Å²) in [4.78, 5) is 0. The minimum Gasteiger partial charge on any atom is -0.383 e. The number of ether oxygens (including phenoxy) is 1. The molecule has 0 spiro atoms. The molecule has 4 atom stereocenters. The van der Waals surface area contributed by atoms with Crippen LogP contribution in [-0.4, -0.2) is 22.9 Å². The van der Waals surface area contributed by atoms with Gasteiger partial charge < -0.3 is 9.84 Å². The van der Waals surface area contributed by atoms with Crippen LogP contribution in [0.2, 0.25) is 0 Å². The molecular formula is C14H20O2. The van der Waals surface area contributed by atoms with E-state index in [-0.39, 0.29) is 12.2 Å². The molecule has 1 N–H and O–H groups in total. The SMILES string of the molecule is C=C1C[C@@H]1[C@H]1CC(=C)[C@@]2(O)CCCCC2O1. The zero-order chi connectivity index (χ0) is 11.3. The van der Waals surface area contributed by atoms with Gasteiger partial charge in [0.15, 0.2) is 0 Å². The van der Waals surface area contributed by atoms with Crippen LogP contribution in [0.3, 0.4) is 0 Å². The fourth-order valence-corrected chi connectivity index (χ4v) is 3.24. The molecule has 1 saturated heterocycles. The summed E-state index contributed by atoms with van der Waals surface area (Å²) < 4.78 is 6.09. The van der Waals surface area contributed by atoms with Crippen molar-refractivity contribution in [3.63, 3.8) is 0 Å². The van der Waals surface area contributed by atoms with E-state index in [0.717, 1.165) is 37.7 Å². The molecule has 88 valence electrons. The number of rotatable bonds is 1. The third-order valence-corrected chi connectivity index (χ3v) is 4.50. The Morgan fingerprint density at radius 3 is 2.69 bits per heavy atom. The zero-order valence-electron chi connectivity index (χ0n) is 9.74. The van der Waals surface area contributed by atoms with Crippen LogP contribution < -0.4 is 0 Å². The van der Waals surface area contributed by atoms with E-state index in [0.29, 0.717) is 5.92 Å². The molecule has 2 aliphatic carbocycles. The molecule has 1 unspecified atom stereocenters. The first-order valence-corrected chi connectivity index (χ1v) is 6.35. The second kappa shape index (κ2) is 3.44. The predicted molar refractivity (Wildman–Crippen MR) is 63.1 cm³/mol. The maximum absolute atomic E-state index is 10.6. The fraction of sp³-hybridized carbons (Fsp3) is 0.714. The minimum absolute atomic E-state index is 0.0131. The van der Waals surface area contributed by atoms with E-state index in [1.807, 2.05) is 0 Å². The van der Waals surface area contributed by atoms with Gasteiger partial charge in [-0.15, -0.1) is 0 Å². The lowest BCUT2D eigenvalue weighted by Gasteiger charge is -2.47. The Labute approximate surface area is 97.0 Å². The molecule has 0 aromatic heterocycles. The van der Waals surface area contributed by atoms with Crippen LogP contribution in [0.1, 0.15) is 38.5 Å². The van der Waals surface area contributed by atoms with Crippen molar-refractivity contribution in [3.8, 4) is 0 Å². The van der Waals surface area contributed by atoms with Crippen LogP contribution in [-0.2, 0) is 4.74 Å². The molecule has 3 aliphatic rings. The van der Waals surface area contributed by atoms with Gasteiger partial charge in [-0.25, -0.2) is 0 Å². The monoisotopic (exact) mass is 220 g/mol. The van der Waals surface area contributed by atoms with Crippen LogP contribution in [0.15, 0.2) is 24.3 Å². The molecule has 2 nitrogen and oxygen atoms in total. The summed E-state index contributed by atoms with van der Waals surface area (Å²) in [6.07, 6.45) is 6.21. The van der Waals surface area contributed by atoms with Crippen molar-refractivity contribution < 1.29 is 9.84 Å². The molecule has 0 aromatic carbocycles. The fourth-order valence-electron chi connectivity index (χ4n) is 3.24. The van der Waals surface area contributed by atoms with Crippen molar-refractivity contribution in [2.24, 2.45) is 5.92 Å². The van der Waals surface area contributed by atoms with Crippen LogP contribution >= 0.6 is 0 Å². The Hall–Kier alpha value is -0.600. The highest BCUT2D eigenvalue weighted by molar-refractivity contribution is 5.27. The Bertz CT molecular complexity index is 347. The summed E-state index contributed by atoms with van der Waals surface area (Å²) in [6.45, 7) is 8.09. The van der Waals surface area contributed by atoms with Crippen LogP contribution in [0, 0.1) is 5.92 Å². The van der Waals surface area contributed by atoms with Gasteiger partial charge in [-0.1, -0.05) is 31.6 Å². The second-order valence-electron chi connectivity index (χ2n) is 5.61. The average Bonchev–Trinajstić information content (AvgIpc) is 2.97. The zero-order valence-corrected chi connectivity index (χ0v) is 9.74. The van der Waals surface area contributed by atoms with E-state index in [1.54, 1.807) is 0 Å². The molecule has 0 bridgehead atoms. The van der Waals surface area contributed by atoms with Crippen molar-refractivity contribution in [1.82, 2.24) is 0 Å². The average molecular weight is 220 g/mol. The van der Waals surface area contributed by atoms with Crippen LogP contribution in [0.25, 0.3) is 0 Å². The molecule has 0 aromatic rings. The summed E-state index contributed by atoms with van der Waals surface area (Å²) in [7, 11) is 0. The lowest BCUT2D eigenvalue weighted by Crippen LogP contribution is -2.53. The first-order chi connectivity index (χ1) is 7.61. The summed E-state index contributed by atoms with van der Waals surface area (Å²) >= 11 is 0. The third-order valence-electron chi connectivity index (χ3n) is 4.50. The molecule has 16 heavy (non-hydrogen) atoms. The summed E-state index contributed by atoms with van der Waals surface area (Å²) in [5.41, 5.74) is 1.57. The maximum atomic E-state index is 10.6. The van der Waals surface area contributed by atoms with Gasteiger partial charge in [0.05, 0.1) is 12.2 Å². The van der Waals surface area contributed by atoms with Crippen molar-refractivity contribution >= 4 is 0 Å². The highest BCUT2D eigenvalue weighted by atomic mass is 16.5. The quantitative estimate of drug-likeness (QED) is 0.688. The first kappa shape index (κ1) is 10.5. The number of hydrogen-bond donors (Lipinski definition) is 1. The van der Waals surface area contributed by atoms with Crippen molar-refractivity contribution in [2.45, 2.75) is 56.3 Å². The molecule has 2 heteroatoms. The highest BCUT2D eigenvalue weighted by Crippen LogP contribution is 2.49. The molecule has 2 saturated carbocycles. The van der Waals surface area contributed by atoms with Gasteiger partial charge in [-0.05, 0) is 31.3 Å². The van der Waals surface area contributed by atoms with Gasteiger partial charge in [0, 0.05) is 5.92 Å². The standard InChI is InChI=1S/C14H20O2/c1-9-7-11(9)12-8-10(2)14(15)6-4-3-5-13(14)16-12/h11-13,15H,1-8H2/t11-,12+,13?,14-/m0/s1. The van der Waals surface area contributed by atoms with E-state index >= 15 is 0 Å². The van der Waals surface area contributed by atoms with Gasteiger partial charge in [-0.2, -0.15) is 0 Å². The maximum Gasteiger partial charge on any atom is 0.112 e. The Morgan fingerprint density at radius 2 is 2.00 bits per heavy atom. The number of fused-ring (bicyclic) bond motifs is 1. The summed E-state index contributed by atoms with van der Waals surface area (Å²) in [5, 5.41) is 10.6. The van der Waals surface area contributed by atoms with Crippen LogP contribution in [0.5, 0.6) is 0 Å². The van der Waals surface area contributed by atoms with E-state index in [2.05, 4.69) is 13.2 Å². The third kappa shape index (κ3) is 1.47. The van der Waals surface area contributed by atoms with Gasteiger partial charge in [0.2, 0.25) is 0 Å². The number of aliphatic hydroxyl groups is 1. The number of hydrogen-bond acceptors (Lipinski definition) is 2. The molecule has 0 amide bonds.